The van der Waals surface area contributed by atoms with E-state index < -0.39 is 40.4 Å². The van der Waals surface area contributed by atoms with Gasteiger partial charge in [-0.05, 0) is 13.0 Å². The Morgan fingerprint density at radius 1 is 1.04 bits per heavy atom. The summed E-state index contributed by atoms with van der Waals surface area (Å²) in [6, 6.07) is 0.477. The van der Waals surface area contributed by atoms with Crippen molar-refractivity contribution >= 4 is 11.6 Å². The van der Waals surface area contributed by atoms with Crippen LogP contribution in [0.3, 0.4) is 0 Å². The third-order valence-electron chi connectivity index (χ3n) is 2.94. The number of hydrogen-bond acceptors (Lipinski definition) is 2. The van der Waals surface area contributed by atoms with E-state index in [0.717, 1.165) is 6.92 Å². The molecule has 0 aliphatic heterocycles. The Hall–Kier alpha value is -1.91. The van der Waals surface area contributed by atoms with Gasteiger partial charge in [-0.3, -0.25) is 4.57 Å². The second-order valence-electron chi connectivity index (χ2n) is 4.64. The molecule has 3 nitrogen and oxygen atoms in total. The molecule has 24 heavy (non-hydrogen) atoms. The summed E-state index contributed by atoms with van der Waals surface area (Å²) in [6.45, 7) is 1.08. The fourth-order valence-electron chi connectivity index (χ4n) is 1.75. The van der Waals surface area contributed by atoms with Crippen molar-refractivity contribution in [1.82, 2.24) is 14.5 Å². The van der Waals surface area contributed by atoms with Gasteiger partial charge in [-0.15, -0.1) is 0 Å². The van der Waals surface area contributed by atoms with Crippen LogP contribution in [0.25, 0.3) is 5.82 Å². The number of nitrogens with zero attached hydrogens (tertiary/aromatic N) is 3. The lowest BCUT2D eigenvalue weighted by Crippen LogP contribution is -2.34. The molecule has 0 aromatic carbocycles. The summed E-state index contributed by atoms with van der Waals surface area (Å²) >= 11 is 5.63. The van der Waals surface area contributed by atoms with Crippen molar-refractivity contribution in [2.45, 2.75) is 25.2 Å². The van der Waals surface area contributed by atoms with Gasteiger partial charge < -0.3 is 0 Å². The predicted molar refractivity (Wildman–Crippen MR) is 66.1 cm³/mol. The summed E-state index contributed by atoms with van der Waals surface area (Å²) in [6.07, 6.45) is -9.92. The van der Waals surface area contributed by atoms with Crippen molar-refractivity contribution in [3.05, 3.63) is 40.6 Å². The summed E-state index contributed by atoms with van der Waals surface area (Å²) in [5.74, 6) is -6.05. The van der Waals surface area contributed by atoms with E-state index >= 15 is 0 Å². The van der Waals surface area contributed by atoms with Crippen molar-refractivity contribution in [2.75, 3.05) is 0 Å². The van der Waals surface area contributed by atoms with Gasteiger partial charge in [0, 0.05) is 12.4 Å². The smallest absolute Gasteiger partial charge is 0.286 e. The van der Waals surface area contributed by atoms with E-state index in [-0.39, 0.29) is 5.82 Å². The first kappa shape index (κ1) is 18.4. The largest absolute Gasteiger partial charge is 0.459 e. The Kier molecular flexibility index (Phi) is 4.28. The molecule has 2 aromatic rings. The van der Waals surface area contributed by atoms with E-state index in [1.807, 2.05) is 0 Å². The Morgan fingerprint density at radius 2 is 1.62 bits per heavy atom. The summed E-state index contributed by atoms with van der Waals surface area (Å²) in [7, 11) is 0. The van der Waals surface area contributed by atoms with E-state index in [1.165, 1.54) is 0 Å². The fraction of sp³-hybridized carbons (Fsp3) is 0.333. The highest BCUT2D eigenvalue weighted by atomic mass is 35.5. The van der Waals surface area contributed by atoms with Gasteiger partial charge >= 0.3 is 18.3 Å². The van der Waals surface area contributed by atoms with Crippen LogP contribution in [0.1, 0.15) is 17.1 Å². The third-order valence-corrected chi connectivity index (χ3v) is 3.22. The van der Waals surface area contributed by atoms with Crippen LogP contribution in [0.4, 0.5) is 35.1 Å². The van der Waals surface area contributed by atoms with Gasteiger partial charge in [0.05, 0.1) is 10.6 Å². The van der Waals surface area contributed by atoms with Crippen LogP contribution in [0.2, 0.25) is 5.02 Å². The first-order valence-corrected chi connectivity index (χ1v) is 6.37. The summed E-state index contributed by atoms with van der Waals surface area (Å²) in [5.41, 5.74) is -2.82. The van der Waals surface area contributed by atoms with Gasteiger partial charge in [-0.1, -0.05) is 11.6 Å². The zero-order valence-corrected chi connectivity index (χ0v) is 12.2. The second kappa shape index (κ2) is 5.57. The SMILES string of the molecule is Cc1nc(C(F)(F)C(F)(F)F)cn1-c1ncc(C(F)(F)F)cc1Cl. The number of aromatic nitrogens is 3. The maximum Gasteiger partial charge on any atom is 0.459 e. The quantitative estimate of drug-likeness (QED) is 0.695. The number of rotatable bonds is 2. The topological polar surface area (TPSA) is 30.7 Å². The minimum atomic E-state index is -5.88. The van der Waals surface area contributed by atoms with Gasteiger partial charge in [0.2, 0.25) is 0 Å². The van der Waals surface area contributed by atoms with Crippen molar-refractivity contribution in [3.8, 4) is 5.82 Å². The summed E-state index contributed by atoms with van der Waals surface area (Å²) in [5, 5.41) is -0.591. The second-order valence-corrected chi connectivity index (χ2v) is 5.05. The normalized spacial score (nSPS) is 13.4. The molecular weight excluding hydrogens is 374 g/mol. The first-order valence-electron chi connectivity index (χ1n) is 5.99. The number of halogens is 9. The molecule has 0 fully saturated rings. The Morgan fingerprint density at radius 3 is 2.08 bits per heavy atom. The minimum Gasteiger partial charge on any atom is -0.286 e. The van der Waals surface area contributed by atoms with Crippen molar-refractivity contribution in [3.63, 3.8) is 0 Å². The number of pyridine rings is 1. The van der Waals surface area contributed by atoms with Crippen molar-refractivity contribution < 1.29 is 35.1 Å². The molecule has 2 rings (SSSR count). The molecule has 0 aliphatic rings. The zero-order valence-electron chi connectivity index (χ0n) is 11.5. The predicted octanol–water partition coefficient (Wildman–Crippen LogP) is 4.90. The molecule has 0 saturated carbocycles. The average molecular weight is 380 g/mol. The zero-order chi connectivity index (χ0) is 18.5. The molecule has 0 bridgehead atoms. The number of alkyl halides is 8. The molecule has 2 heterocycles. The summed E-state index contributed by atoms with van der Waals surface area (Å²) in [4.78, 5) is 6.49. The van der Waals surface area contributed by atoms with Crippen LogP contribution >= 0.6 is 11.6 Å². The van der Waals surface area contributed by atoms with Crippen LogP contribution in [0.15, 0.2) is 18.5 Å². The fourth-order valence-corrected chi connectivity index (χ4v) is 2.00. The first-order chi connectivity index (χ1) is 10.7. The summed E-state index contributed by atoms with van der Waals surface area (Å²) < 4.78 is 102. The third kappa shape index (κ3) is 3.17. The highest BCUT2D eigenvalue weighted by molar-refractivity contribution is 6.32. The molecular formula is C12H6ClF8N3. The highest BCUT2D eigenvalue weighted by Crippen LogP contribution is 2.43. The molecule has 0 N–H and O–H groups in total. The molecule has 0 aliphatic carbocycles. The molecule has 12 heteroatoms. The molecule has 0 unspecified atom stereocenters. The van der Waals surface area contributed by atoms with Crippen molar-refractivity contribution in [2.24, 2.45) is 0 Å². The molecule has 0 amide bonds. The maximum absolute atomic E-state index is 13.3. The minimum absolute atomic E-state index is 0.324. The lowest BCUT2D eigenvalue weighted by Gasteiger charge is -2.16. The monoisotopic (exact) mass is 379 g/mol. The van der Waals surface area contributed by atoms with Crippen LogP contribution in [0.5, 0.6) is 0 Å². The van der Waals surface area contributed by atoms with E-state index in [2.05, 4.69) is 9.97 Å². The number of imidazole rings is 1. The Balaban J connectivity index is 2.52. The van der Waals surface area contributed by atoms with E-state index in [1.54, 1.807) is 0 Å². The number of hydrogen-bond donors (Lipinski definition) is 0. The molecule has 0 radical (unpaired) electrons. The molecule has 0 saturated heterocycles. The van der Waals surface area contributed by atoms with Gasteiger partial charge in [0.1, 0.15) is 11.5 Å². The van der Waals surface area contributed by atoms with Crippen LogP contribution in [-0.4, -0.2) is 20.7 Å². The highest BCUT2D eigenvalue weighted by Gasteiger charge is 2.60. The standard InChI is InChI=1S/C12H6ClF8N3/c1-5-23-8(10(14,15)12(19,20)21)4-24(5)9-7(13)2-6(3-22-9)11(16,17)18/h2-4H,1H3. The Bertz CT molecular complexity index is 763. The molecule has 0 atom stereocenters. The lowest BCUT2D eigenvalue weighted by molar-refractivity contribution is -0.290. The van der Waals surface area contributed by atoms with Gasteiger partial charge in [-0.2, -0.15) is 35.1 Å². The van der Waals surface area contributed by atoms with E-state index in [4.69, 9.17) is 11.6 Å². The van der Waals surface area contributed by atoms with Gasteiger partial charge in [0.25, 0.3) is 0 Å². The van der Waals surface area contributed by atoms with Crippen LogP contribution < -0.4 is 0 Å². The van der Waals surface area contributed by atoms with E-state index in [9.17, 15) is 35.1 Å². The average Bonchev–Trinajstić information content (AvgIpc) is 2.79. The van der Waals surface area contributed by atoms with Crippen molar-refractivity contribution in [1.29, 1.82) is 0 Å². The van der Waals surface area contributed by atoms with Gasteiger partial charge in [-0.25, -0.2) is 9.97 Å². The molecule has 132 valence electrons. The lowest BCUT2D eigenvalue weighted by atomic mass is 10.2. The molecule has 2 aromatic heterocycles. The Labute approximate surface area is 133 Å². The maximum atomic E-state index is 13.3. The van der Waals surface area contributed by atoms with Crippen LogP contribution in [-0.2, 0) is 12.1 Å². The van der Waals surface area contributed by atoms with E-state index in [0.29, 0.717) is 23.0 Å². The number of aryl methyl sites for hydroxylation is 1. The van der Waals surface area contributed by atoms with Gasteiger partial charge in [0.15, 0.2) is 5.82 Å². The molecule has 0 spiro atoms. The van der Waals surface area contributed by atoms with Crippen LogP contribution in [0, 0.1) is 6.92 Å².